The molecule has 1 rings (SSSR count). The van der Waals surface area contributed by atoms with Gasteiger partial charge >= 0.3 is 0 Å². The van der Waals surface area contributed by atoms with Crippen molar-refractivity contribution in [2.24, 2.45) is 0 Å². The second kappa shape index (κ2) is 6.70. The Morgan fingerprint density at radius 3 is 2.65 bits per heavy atom. The van der Waals surface area contributed by atoms with E-state index in [2.05, 4.69) is 44.3 Å². The van der Waals surface area contributed by atoms with E-state index in [9.17, 15) is 4.79 Å². The van der Waals surface area contributed by atoms with Crippen molar-refractivity contribution < 1.29 is 4.79 Å². The maximum atomic E-state index is 11.7. The first kappa shape index (κ1) is 14.1. The zero-order chi connectivity index (χ0) is 12.8. The zero-order valence-electron chi connectivity index (χ0n) is 11.0. The van der Waals surface area contributed by atoms with Gasteiger partial charge in [-0.05, 0) is 50.5 Å². The van der Waals surface area contributed by atoms with Crippen molar-refractivity contribution in [3.63, 3.8) is 0 Å². The van der Waals surface area contributed by atoms with E-state index >= 15 is 0 Å². The monoisotopic (exact) mass is 251 g/mol. The van der Waals surface area contributed by atoms with Crippen LogP contribution in [0.2, 0.25) is 0 Å². The molecule has 1 aromatic rings. The minimum Gasteiger partial charge on any atom is -0.355 e. The Balaban J connectivity index is 2.58. The predicted octanol–water partition coefficient (Wildman–Crippen LogP) is 3.31. The number of thioether (sulfide) groups is 1. The third-order valence-corrected chi connectivity index (χ3v) is 3.80. The lowest BCUT2D eigenvalue weighted by molar-refractivity contribution is -0.120. The van der Waals surface area contributed by atoms with E-state index in [1.807, 2.05) is 6.92 Å². The lowest BCUT2D eigenvalue weighted by atomic mass is 10.1. The highest BCUT2D eigenvalue weighted by Gasteiger charge is 2.13. The second-order valence-corrected chi connectivity index (χ2v) is 5.71. The maximum Gasteiger partial charge on any atom is 0.233 e. The second-order valence-electron chi connectivity index (χ2n) is 4.30. The summed E-state index contributed by atoms with van der Waals surface area (Å²) in [4.78, 5) is 12.9. The Bertz CT molecular complexity index is 390. The molecule has 1 atom stereocenters. The van der Waals surface area contributed by atoms with Crippen LogP contribution in [0.15, 0.2) is 23.1 Å². The molecule has 0 fully saturated rings. The zero-order valence-corrected chi connectivity index (χ0v) is 11.9. The average Bonchev–Trinajstić information content (AvgIpc) is 2.30. The molecule has 0 saturated carbocycles. The summed E-state index contributed by atoms with van der Waals surface area (Å²) in [6, 6.07) is 6.33. The number of nitrogens with one attached hydrogen (secondary N) is 1. The van der Waals surface area contributed by atoms with Gasteiger partial charge in [-0.25, -0.2) is 0 Å². The molecule has 0 spiro atoms. The Hall–Kier alpha value is -0.960. The van der Waals surface area contributed by atoms with E-state index in [4.69, 9.17) is 0 Å². The Kier molecular flexibility index (Phi) is 5.56. The van der Waals surface area contributed by atoms with Crippen molar-refractivity contribution in [2.75, 3.05) is 6.54 Å². The van der Waals surface area contributed by atoms with E-state index in [-0.39, 0.29) is 11.2 Å². The number of rotatable bonds is 5. The molecule has 17 heavy (non-hydrogen) atoms. The molecule has 94 valence electrons. The van der Waals surface area contributed by atoms with Crippen molar-refractivity contribution in [3.05, 3.63) is 29.3 Å². The highest BCUT2D eigenvalue weighted by molar-refractivity contribution is 8.00. The van der Waals surface area contributed by atoms with E-state index in [0.717, 1.165) is 17.9 Å². The third-order valence-electron chi connectivity index (χ3n) is 2.71. The van der Waals surface area contributed by atoms with E-state index in [1.165, 1.54) is 11.1 Å². The summed E-state index contributed by atoms with van der Waals surface area (Å²) in [7, 11) is 0. The van der Waals surface area contributed by atoms with Gasteiger partial charge in [0, 0.05) is 11.4 Å². The summed E-state index contributed by atoms with van der Waals surface area (Å²) in [6.45, 7) is 8.96. The smallest absolute Gasteiger partial charge is 0.233 e. The van der Waals surface area contributed by atoms with E-state index in [0.29, 0.717) is 0 Å². The summed E-state index contributed by atoms with van der Waals surface area (Å²) in [5.74, 6) is 0.120. The largest absolute Gasteiger partial charge is 0.355 e. The number of carbonyl (C=O) groups excluding carboxylic acids is 1. The van der Waals surface area contributed by atoms with Crippen LogP contribution in [0.25, 0.3) is 0 Å². The molecule has 0 aromatic heterocycles. The van der Waals surface area contributed by atoms with Crippen LogP contribution >= 0.6 is 11.8 Å². The average molecular weight is 251 g/mol. The molecule has 0 aliphatic heterocycles. The quantitative estimate of drug-likeness (QED) is 0.813. The van der Waals surface area contributed by atoms with Crippen molar-refractivity contribution in [1.29, 1.82) is 0 Å². The fraction of sp³-hybridized carbons (Fsp3) is 0.500. The number of hydrogen-bond acceptors (Lipinski definition) is 2. The Labute approximate surface area is 108 Å². The molecule has 0 aliphatic rings. The van der Waals surface area contributed by atoms with Crippen LogP contribution in [-0.4, -0.2) is 17.7 Å². The van der Waals surface area contributed by atoms with E-state index in [1.54, 1.807) is 11.8 Å². The van der Waals surface area contributed by atoms with Gasteiger partial charge in [-0.1, -0.05) is 13.0 Å². The van der Waals surface area contributed by atoms with Gasteiger partial charge in [-0.3, -0.25) is 4.79 Å². The van der Waals surface area contributed by atoms with Crippen molar-refractivity contribution in [2.45, 2.75) is 44.3 Å². The molecule has 1 aromatic carbocycles. The van der Waals surface area contributed by atoms with Crippen LogP contribution in [0.3, 0.4) is 0 Å². The summed E-state index contributed by atoms with van der Waals surface area (Å²) in [6.07, 6.45) is 0.979. The Morgan fingerprint density at radius 2 is 2.06 bits per heavy atom. The molecule has 3 heteroatoms. The van der Waals surface area contributed by atoms with Gasteiger partial charge in [-0.2, -0.15) is 0 Å². The summed E-state index contributed by atoms with van der Waals surface area (Å²) in [5, 5.41) is 2.88. The van der Waals surface area contributed by atoms with Gasteiger partial charge in [0.05, 0.1) is 5.25 Å². The molecule has 0 saturated heterocycles. The van der Waals surface area contributed by atoms with E-state index < -0.39 is 0 Å². The van der Waals surface area contributed by atoms with Crippen LogP contribution in [0.4, 0.5) is 0 Å². The summed E-state index contributed by atoms with van der Waals surface area (Å²) >= 11 is 1.61. The normalized spacial score (nSPS) is 12.2. The highest BCUT2D eigenvalue weighted by Crippen LogP contribution is 2.25. The lowest BCUT2D eigenvalue weighted by Gasteiger charge is -2.12. The number of carbonyl (C=O) groups is 1. The fourth-order valence-electron chi connectivity index (χ4n) is 1.44. The molecule has 0 heterocycles. The van der Waals surface area contributed by atoms with Gasteiger partial charge < -0.3 is 5.32 Å². The summed E-state index contributed by atoms with van der Waals surface area (Å²) in [5.41, 5.74) is 2.56. The van der Waals surface area contributed by atoms with Gasteiger partial charge in [-0.15, -0.1) is 11.8 Å². The molecule has 0 radical (unpaired) electrons. The molecule has 1 unspecified atom stereocenters. The first-order chi connectivity index (χ1) is 8.04. The Morgan fingerprint density at radius 1 is 1.35 bits per heavy atom. The minimum absolute atomic E-state index is 0.0383. The van der Waals surface area contributed by atoms with Crippen molar-refractivity contribution in [3.8, 4) is 0 Å². The number of benzene rings is 1. The molecular weight excluding hydrogens is 230 g/mol. The minimum atomic E-state index is -0.0383. The maximum absolute atomic E-state index is 11.7. The lowest BCUT2D eigenvalue weighted by Crippen LogP contribution is -2.31. The van der Waals surface area contributed by atoms with Crippen LogP contribution in [0.1, 0.15) is 31.4 Å². The van der Waals surface area contributed by atoms with Crippen molar-refractivity contribution in [1.82, 2.24) is 5.32 Å². The van der Waals surface area contributed by atoms with Gasteiger partial charge in [0.1, 0.15) is 0 Å². The number of amides is 1. The van der Waals surface area contributed by atoms with Crippen LogP contribution in [0.5, 0.6) is 0 Å². The SMILES string of the molecule is CCCNC(=O)C(C)Sc1ccc(C)c(C)c1. The molecule has 0 aliphatic carbocycles. The molecule has 2 nitrogen and oxygen atoms in total. The highest BCUT2D eigenvalue weighted by atomic mass is 32.2. The van der Waals surface area contributed by atoms with Crippen LogP contribution in [-0.2, 0) is 4.79 Å². The predicted molar refractivity (Wildman–Crippen MR) is 74.5 cm³/mol. The fourth-order valence-corrected chi connectivity index (χ4v) is 2.43. The molecule has 1 N–H and O–H groups in total. The van der Waals surface area contributed by atoms with Crippen LogP contribution in [0, 0.1) is 13.8 Å². The molecule has 0 bridgehead atoms. The molecule has 1 amide bonds. The molecular formula is C14H21NOS. The van der Waals surface area contributed by atoms with Gasteiger partial charge in [0.2, 0.25) is 5.91 Å². The van der Waals surface area contributed by atoms with Gasteiger partial charge in [0.15, 0.2) is 0 Å². The topological polar surface area (TPSA) is 29.1 Å². The first-order valence-corrected chi connectivity index (χ1v) is 6.94. The van der Waals surface area contributed by atoms with Gasteiger partial charge in [0.25, 0.3) is 0 Å². The first-order valence-electron chi connectivity index (χ1n) is 6.06. The van der Waals surface area contributed by atoms with Crippen LogP contribution < -0.4 is 5.32 Å². The van der Waals surface area contributed by atoms with Crippen molar-refractivity contribution >= 4 is 17.7 Å². The number of hydrogen-bond donors (Lipinski definition) is 1. The third kappa shape index (κ3) is 4.43. The summed E-state index contributed by atoms with van der Waals surface area (Å²) < 4.78 is 0. The standard InChI is InChI=1S/C14H21NOS/c1-5-8-15-14(16)12(4)17-13-7-6-10(2)11(3)9-13/h6-7,9,12H,5,8H2,1-4H3,(H,15,16). The number of aryl methyl sites for hydroxylation is 2.